The van der Waals surface area contributed by atoms with Crippen molar-refractivity contribution in [2.75, 3.05) is 5.32 Å². The number of carbonyl (C=O) groups excluding carboxylic acids is 1. The Labute approximate surface area is 137 Å². The molecule has 0 atom stereocenters. The van der Waals surface area contributed by atoms with Gasteiger partial charge in [-0.05, 0) is 67.5 Å². The first-order valence-electron chi connectivity index (χ1n) is 6.40. The Morgan fingerprint density at radius 3 is 2.38 bits per heavy atom. The third-order valence-corrected chi connectivity index (χ3v) is 3.49. The number of thiocarbonyl (C=S) groups is 1. The summed E-state index contributed by atoms with van der Waals surface area (Å²) in [5, 5.41) is 5.98. The molecule has 108 valence electrons. The summed E-state index contributed by atoms with van der Waals surface area (Å²) >= 11 is 8.51. The van der Waals surface area contributed by atoms with Gasteiger partial charge in [0.15, 0.2) is 5.11 Å². The van der Waals surface area contributed by atoms with Gasteiger partial charge in [0, 0.05) is 15.7 Å². The summed E-state index contributed by atoms with van der Waals surface area (Å²) < 4.78 is 0.850. The number of hydrogen-bond donors (Lipinski definition) is 2. The van der Waals surface area contributed by atoms with E-state index in [1.807, 2.05) is 32.0 Å². The maximum absolute atomic E-state index is 12.1. The smallest absolute Gasteiger partial charge is 0.257 e. The minimum Gasteiger partial charge on any atom is -0.332 e. The molecular weight excluding hydrogens is 348 g/mol. The number of amides is 1. The predicted molar refractivity (Wildman–Crippen MR) is 93.7 cm³/mol. The Hall–Kier alpha value is -1.72. The molecule has 0 saturated carbocycles. The quantitative estimate of drug-likeness (QED) is 0.786. The highest BCUT2D eigenvalue weighted by molar-refractivity contribution is 9.10. The van der Waals surface area contributed by atoms with Crippen LogP contribution in [0.3, 0.4) is 0 Å². The molecular formula is C16H15BrN2OS. The number of benzene rings is 2. The van der Waals surface area contributed by atoms with Crippen molar-refractivity contribution < 1.29 is 4.79 Å². The van der Waals surface area contributed by atoms with E-state index in [1.165, 1.54) is 0 Å². The van der Waals surface area contributed by atoms with Gasteiger partial charge in [0.1, 0.15) is 0 Å². The Morgan fingerprint density at radius 1 is 1.10 bits per heavy atom. The summed E-state index contributed by atoms with van der Waals surface area (Å²) in [5.41, 5.74) is 3.69. The predicted octanol–water partition coefficient (Wildman–Crippen LogP) is 4.19. The normalized spacial score (nSPS) is 10.0. The van der Waals surface area contributed by atoms with E-state index in [0.29, 0.717) is 5.56 Å². The van der Waals surface area contributed by atoms with Gasteiger partial charge in [0.05, 0.1) is 0 Å². The third-order valence-electron chi connectivity index (χ3n) is 2.79. The Balaban J connectivity index is 2.03. The second-order valence-electron chi connectivity index (χ2n) is 4.79. The lowest BCUT2D eigenvalue weighted by atomic mass is 10.1. The lowest BCUT2D eigenvalue weighted by Gasteiger charge is -2.11. The molecule has 0 aliphatic heterocycles. The van der Waals surface area contributed by atoms with Gasteiger partial charge in [0.25, 0.3) is 5.91 Å². The molecule has 0 bridgehead atoms. The molecule has 5 heteroatoms. The molecule has 2 aromatic rings. The molecule has 2 rings (SSSR count). The lowest BCUT2D eigenvalue weighted by molar-refractivity contribution is 0.0977. The van der Waals surface area contributed by atoms with Gasteiger partial charge in [-0.3, -0.25) is 10.1 Å². The Morgan fingerprint density at radius 2 is 1.76 bits per heavy atom. The number of aryl methyl sites for hydroxylation is 2. The van der Waals surface area contributed by atoms with Crippen molar-refractivity contribution in [1.82, 2.24) is 5.32 Å². The van der Waals surface area contributed by atoms with Gasteiger partial charge in [-0.15, -0.1) is 0 Å². The van der Waals surface area contributed by atoms with Crippen LogP contribution in [0.15, 0.2) is 46.9 Å². The van der Waals surface area contributed by atoms with Gasteiger partial charge in [0.2, 0.25) is 0 Å². The first-order valence-corrected chi connectivity index (χ1v) is 7.60. The lowest BCUT2D eigenvalue weighted by Crippen LogP contribution is -2.34. The fourth-order valence-corrected chi connectivity index (χ4v) is 2.62. The molecule has 0 saturated heterocycles. The van der Waals surface area contributed by atoms with Crippen molar-refractivity contribution in [2.45, 2.75) is 13.8 Å². The fourth-order valence-electron chi connectivity index (χ4n) is 2.01. The van der Waals surface area contributed by atoms with Crippen LogP contribution in [0.5, 0.6) is 0 Å². The van der Waals surface area contributed by atoms with Crippen LogP contribution in [0.25, 0.3) is 0 Å². The molecule has 0 aliphatic carbocycles. The molecule has 1 amide bonds. The molecule has 21 heavy (non-hydrogen) atoms. The molecule has 2 aromatic carbocycles. The van der Waals surface area contributed by atoms with Gasteiger partial charge in [-0.1, -0.05) is 28.1 Å². The van der Waals surface area contributed by atoms with E-state index in [-0.39, 0.29) is 11.0 Å². The topological polar surface area (TPSA) is 41.1 Å². The van der Waals surface area contributed by atoms with E-state index in [1.54, 1.807) is 18.2 Å². The van der Waals surface area contributed by atoms with Crippen LogP contribution in [-0.4, -0.2) is 11.0 Å². The molecule has 0 unspecified atom stereocenters. The second-order valence-corrected chi connectivity index (χ2v) is 6.12. The molecule has 0 aliphatic rings. The summed E-state index contributed by atoms with van der Waals surface area (Å²) in [6.07, 6.45) is 0. The highest BCUT2D eigenvalue weighted by Gasteiger charge is 2.08. The number of nitrogens with one attached hydrogen (secondary N) is 2. The third kappa shape index (κ3) is 4.65. The van der Waals surface area contributed by atoms with Crippen LogP contribution in [0, 0.1) is 13.8 Å². The van der Waals surface area contributed by atoms with E-state index in [9.17, 15) is 4.79 Å². The van der Waals surface area contributed by atoms with Crippen molar-refractivity contribution in [2.24, 2.45) is 0 Å². The molecule has 0 aromatic heterocycles. The molecule has 0 heterocycles. The fraction of sp³-hybridized carbons (Fsp3) is 0.125. The largest absolute Gasteiger partial charge is 0.332 e. The van der Waals surface area contributed by atoms with Crippen LogP contribution in [0.2, 0.25) is 0 Å². The van der Waals surface area contributed by atoms with Crippen LogP contribution in [0.1, 0.15) is 21.5 Å². The summed E-state index contributed by atoms with van der Waals surface area (Å²) in [7, 11) is 0. The zero-order valence-electron chi connectivity index (χ0n) is 11.7. The van der Waals surface area contributed by atoms with Gasteiger partial charge in [-0.2, -0.15) is 0 Å². The molecule has 2 N–H and O–H groups in total. The summed E-state index contributed by atoms with van der Waals surface area (Å²) in [5.74, 6) is -0.238. The van der Waals surface area contributed by atoms with Crippen molar-refractivity contribution in [3.63, 3.8) is 0 Å². The van der Waals surface area contributed by atoms with Crippen LogP contribution < -0.4 is 10.6 Å². The SMILES string of the molecule is Cc1cc(C)cc(NC(=S)NC(=O)c2cccc(Br)c2)c1. The number of hydrogen-bond acceptors (Lipinski definition) is 2. The first kappa shape index (κ1) is 15.7. The minimum atomic E-state index is -0.238. The van der Waals surface area contributed by atoms with E-state index in [0.717, 1.165) is 21.3 Å². The number of carbonyl (C=O) groups is 1. The monoisotopic (exact) mass is 362 g/mol. The zero-order chi connectivity index (χ0) is 15.4. The van der Waals surface area contributed by atoms with E-state index in [2.05, 4.69) is 32.6 Å². The van der Waals surface area contributed by atoms with Crippen molar-refractivity contribution in [3.05, 3.63) is 63.6 Å². The maximum Gasteiger partial charge on any atom is 0.257 e. The number of anilines is 1. The Kier molecular flexibility index (Phi) is 5.09. The van der Waals surface area contributed by atoms with Crippen LogP contribution >= 0.6 is 28.1 Å². The highest BCUT2D eigenvalue weighted by atomic mass is 79.9. The van der Waals surface area contributed by atoms with E-state index < -0.39 is 0 Å². The summed E-state index contributed by atoms with van der Waals surface area (Å²) in [6.45, 7) is 4.03. The molecule has 0 fully saturated rings. The van der Waals surface area contributed by atoms with E-state index in [4.69, 9.17) is 12.2 Å². The first-order chi connectivity index (χ1) is 9.94. The molecule has 0 spiro atoms. The van der Waals surface area contributed by atoms with Crippen LogP contribution in [0.4, 0.5) is 5.69 Å². The Bertz CT molecular complexity index is 680. The van der Waals surface area contributed by atoms with Crippen molar-refractivity contribution >= 4 is 44.9 Å². The van der Waals surface area contributed by atoms with Crippen LogP contribution in [-0.2, 0) is 0 Å². The average molecular weight is 363 g/mol. The maximum atomic E-state index is 12.1. The minimum absolute atomic E-state index is 0.238. The standard InChI is InChI=1S/C16H15BrN2OS/c1-10-6-11(2)8-14(7-10)18-16(21)19-15(20)12-4-3-5-13(17)9-12/h3-9H,1-2H3,(H2,18,19,20,21). The van der Waals surface area contributed by atoms with Gasteiger partial charge < -0.3 is 5.32 Å². The van der Waals surface area contributed by atoms with Crippen molar-refractivity contribution in [1.29, 1.82) is 0 Å². The number of rotatable bonds is 2. The summed E-state index contributed by atoms with van der Waals surface area (Å²) in [6, 6.07) is 13.2. The molecule has 0 radical (unpaired) electrons. The van der Waals surface area contributed by atoms with Gasteiger partial charge >= 0.3 is 0 Å². The molecule has 3 nitrogen and oxygen atoms in total. The van der Waals surface area contributed by atoms with E-state index >= 15 is 0 Å². The highest BCUT2D eigenvalue weighted by Crippen LogP contribution is 2.14. The zero-order valence-corrected chi connectivity index (χ0v) is 14.1. The number of halogens is 1. The average Bonchev–Trinajstić information content (AvgIpc) is 2.37. The van der Waals surface area contributed by atoms with Crippen molar-refractivity contribution in [3.8, 4) is 0 Å². The van der Waals surface area contributed by atoms with Gasteiger partial charge in [-0.25, -0.2) is 0 Å². The summed E-state index contributed by atoms with van der Waals surface area (Å²) in [4.78, 5) is 12.1. The second kappa shape index (κ2) is 6.83.